The van der Waals surface area contributed by atoms with Gasteiger partial charge in [0.2, 0.25) is 5.88 Å². The van der Waals surface area contributed by atoms with E-state index in [1.165, 1.54) is 16.7 Å². The Hall–Kier alpha value is -2.22. The summed E-state index contributed by atoms with van der Waals surface area (Å²) in [5.74, 6) is -0.308. The van der Waals surface area contributed by atoms with Crippen LogP contribution in [0.5, 0.6) is 5.88 Å². The third-order valence-electron chi connectivity index (χ3n) is 4.98. The Labute approximate surface area is 149 Å². The first-order valence-corrected chi connectivity index (χ1v) is 8.63. The molecule has 2 heterocycles. The van der Waals surface area contributed by atoms with Crippen molar-refractivity contribution in [3.63, 3.8) is 0 Å². The van der Waals surface area contributed by atoms with Gasteiger partial charge in [-0.2, -0.15) is 13.2 Å². The van der Waals surface area contributed by atoms with Crippen molar-refractivity contribution < 1.29 is 18.3 Å². The lowest BCUT2D eigenvalue weighted by molar-refractivity contribution is -0.137. The number of imidazole rings is 1. The van der Waals surface area contributed by atoms with Crippen molar-refractivity contribution in [2.24, 2.45) is 0 Å². The van der Waals surface area contributed by atoms with E-state index in [9.17, 15) is 23.1 Å². The Morgan fingerprint density at radius 2 is 1.88 bits per heavy atom. The molecular formula is C18H22F3N3O2. The molecule has 0 saturated carbocycles. The molecule has 1 aliphatic rings. The summed E-state index contributed by atoms with van der Waals surface area (Å²) in [5, 5.41) is 10.5. The minimum atomic E-state index is -4.49. The standard InChI is InChI=1S/C18H22F3N3O2/c1-11(2)23-8-6-14(7-9-23)24-16(25)15(22-17(24)26)12-4-3-5-13(10-12)18(19,20)21/h3-5,10-11,14,25H,6-9H2,1-2H3,(H,22,26). The second-order valence-corrected chi connectivity index (χ2v) is 6.94. The van der Waals surface area contributed by atoms with Crippen LogP contribution in [0.4, 0.5) is 13.2 Å². The zero-order valence-electron chi connectivity index (χ0n) is 14.7. The third-order valence-corrected chi connectivity index (χ3v) is 4.98. The fourth-order valence-corrected chi connectivity index (χ4v) is 3.49. The van der Waals surface area contributed by atoms with Crippen LogP contribution in [0.3, 0.4) is 0 Å². The monoisotopic (exact) mass is 369 g/mol. The molecule has 5 nitrogen and oxygen atoms in total. The number of nitrogens with one attached hydrogen (secondary N) is 1. The number of piperidine rings is 1. The van der Waals surface area contributed by atoms with E-state index in [1.807, 2.05) is 0 Å². The lowest BCUT2D eigenvalue weighted by atomic mass is 10.0. The number of alkyl halides is 3. The minimum absolute atomic E-state index is 0.0207. The minimum Gasteiger partial charge on any atom is -0.493 e. The average Bonchev–Trinajstić information content (AvgIpc) is 2.89. The van der Waals surface area contributed by atoms with Crippen LogP contribution in [-0.4, -0.2) is 38.7 Å². The molecule has 0 radical (unpaired) electrons. The Morgan fingerprint density at radius 3 is 2.46 bits per heavy atom. The molecule has 0 amide bonds. The highest BCUT2D eigenvalue weighted by Crippen LogP contribution is 2.35. The Bertz CT molecular complexity index is 831. The van der Waals surface area contributed by atoms with Crippen molar-refractivity contribution in [1.29, 1.82) is 0 Å². The van der Waals surface area contributed by atoms with Crippen LogP contribution in [0.1, 0.15) is 38.3 Å². The topological polar surface area (TPSA) is 61.3 Å². The van der Waals surface area contributed by atoms with Gasteiger partial charge >= 0.3 is 11.9 Å². The number of aromatic hydroxyl groups is 1. The van der Waals surface area contributed by atoms with Crippen molar-refractivity contribution in [3.8, 4) is 17.1 Å². The van der Waals surface area contributed by atoms with Crippen LogP contribution in [0, 0.1) is 0 Å². The first-order chi connectivity index (χ1) is 12.2. The second-order valence-electron chi connectivity index (χ2n) is 6.94. The van der Waals surface area contributed by atoms with Gasteiger partial charge in [-0.05, 0) is 38.8 Å². The maximum Gasteiger partial charge on any atom is 0.416 e. The predicted octanol–water partition coefficient (Wildman–Crippen LogP) is 3.61. The first-order valence-electron chi connectivity index (χ1n) is 8.63. The SMILES string of the molecule is CC(C)N1CCC(n2c(O)c(-c3cccc(C(F)(F)F)c3)[nH]c2=O)CC1. The summed E-state index contributed by atoms with van der Waals surface area (Å²) in [6, 6.07) is 4.82. The maximum atomic E-state index is 12.9. The Kier molecular flexibility index (Phi) is 4.88. The van der Waals surface area contributed by atoms with Crippen molar-refractivity contribution in [2.75, 3.05) is 13.1 Å². The quantitative estimate of drug-likeness (QED) is 0.869. The fraction of sp³-hybridized carbons (Fsp3) is 0.500. The molecule has 0 atom stereocenters. The average molecular weight is 369 g/mol. The van der Waals surface area contributed by atoms with Crippen molar-refractivity contribution in [2.45, 2.75) is 44.9 Å². The number of benzene rings is 1. The summed E-state index contributed by atoms with van der Waals surface area (Å²) >= 11 is 0. The van der Waals surface area contributed by atoms with Gasteiger partial charge in [0.05, 0.1) is 5.56 Å². The summed E-state index contributed by atoms with van der Waals surface area (Å²) in [4.78, 5) is 17.1. The van der Waals surface area contributed by atoms with Crippen LogP contribution in [0.15, 0.2) is 29.1 Å². The van der Waals surface area contributed by atoms with Gasteiger partial charge in [0.1, 0.15) is 5.69 Å². The molecule has 1 fully saturated rings. The predicted molar refractivity (Wildman–Crippen MR) is 92.1 cm³/mol. The number of likely N-dealkylation sites (tertiary alicyclic amines) is 1. The van der Waals surface area contributed by atoms with Gasteiger partial charge in [-0.3, -0.25) is 4.57 Å². The van der Waals surface area contributed by atoms with E-state index >= 15 is 0 Å². The molecule has 8 heteroatoms. The lowest BCUT2D eigenvalue weighted by Crippen LogP contribution is -2.40. The smallest absolute Gasteiger partial charge is 0.416 e. The molecule has 1 saturated heterocycles. The molecule has 1 aromatic heterocycles. The Morgan fingerprint density at radius 1 is 1.23 bits per heavy atom. The summed E-state index contributed by atoms with van der Waals surface area (Å²) in [7, 11) is 0. The second kappa shape index (κ2) is 6.83. The largest absolute Gasteiger partial charge is 0.493 e. The first kappa shape index (κ1) is 18.6. The van der Waals surface area contributed by atoms with Gasteiger partial charge in [-0.1, -0.05) is 12.1 Å². The van der Waals surface area contributed by atoms with Crippen LogP contribution < -0.4 is 5.69 Å². The zero-order valence-corrected chi connectivity index (χ0v) is 14.7. The number of halogens is 3. The van der Waals surface area contributed by atoms with Crippen LogP contribution in [-0.2, 0) is 6.18 Å². The highest BCUT2D eigenvalue weighted by molar-refractivity contribution is 5.65. The summed E-state index contributed by atoms with van der Waals surface area (Å²) in [6.07, 6.45) is -3.09. The molecule has 1 aromatic carbocycles. The van der Waals surface area contributed by atoms with E-state index in [0.717, 1.165) is 25.2 Å². The summed E-state index contributed by atoms with van der Waals surface area (Å²) < 4.78 is 40.0. The molecule has 0 spiro atoms. The maximum absolute atomic E-state index is 12.9. The van der Waals surface area contributed by atoms with Crippen LogP contribution in [0.25, 0.3) is 11.3 Å². The number of H-pyrrole nitrogens is 1. The summed E-state index contributed by atoms with van der Waals surface area (Å²) in [6.45, 7) is 5.81. The van der Waals surface area contributed by atoms with Crippen LogP contribution in [0.2, 0.25) is 0 Å². The number of hydrogen-bond acceptors (Lipinski definition) is 3. The van der Waals surface area contributed by atoms with E-state index in [0.29, 0.717) is 18.9 Å². The van der Waals surface area contributed by atoms with Gasteiger partial charge in [0, 0.05) is 30.7 Å². The molecule has 26 heavy (non-hydrogen) atoms. The lowest BCUT2D eigenvalue weighted by Gasteiger charge is -2.34. The highest BCUT2D eigenvalue weighted by Gasteiger charge is 2.31. The molecule has 2 aromatic rings. The van der Waals surface area contributed by atoms with E-state index in [2.05, 4.69) is 23.7 Å². The molecule has 1 aliphatic heterocycles. The number of rotatable bonds is 3. The zero-order chi connectivity index (χ0) is 19.1. The summed E-state index contributed by atoms with van der Waals surface area (Å²) in [5.41, 5.74) is -1.17. The van der Waals surface area contributed by atoms with Crippen LogP contribution >= 0.6 is 0 Å². The van der Waals surface area contributed by atoms with Gasteiger partial charge in [-0.25, -0.2) is 4.79 Å². The van der Waals surface area contributed by atoms with Crippen molar-refractivity contribution >= 4 is 0 Å². The molecule has 3 rings (SSSR count). The molecule has 0 bridgehead atoms. The molecular weight excluding hydrogens is 347 g/mol. The fourth-order valence-electron chi connectivity index (χ4n) is 3.49. The number of aromatic amines is 1. The molecule has 2 N–H and O–H groups in total. The van der Waals surface area contributed by atoms with Gasteiger partial charge in [0.15, 0.2) is 0 Å². The van der Waals surface area contributed by atoms with Crippen molar-refractivity contribution in [3.05, 3.63) is 40.3 Å². The van der Waals surface area contributed by atoms with Gasteiger partial charge in [0.25, 0.3) is 0 Å². The van der Waals surface area contributed by atoms with Gasteiger partial charge in [-0.15, -0.1) is 0 Å². The molecule has 0 unspecified atom stereocenters. The molecule has 0 aliphatic carbocycles. The third kappa shape index (κ3) is 3.51. The van der Waals surface area contributed by atoms with E-state index < -0.39 is 17.4 Å². The van der Waals surface area contributed by atoms with Crippen molar-refractivity contribution in [1.82, 2.24) is 14.5 Å². The van der Waals surface area contributed by atoms with E-state index in [-0.39, 0.29) is 23.2 Å². The van der Waals surface area contributed by atoms with E-state index in [4.69, 9.17) is 0 Å². The number of nitrogens with zero attached hydrogens (tertiary/aromatic N) is 2. The highest BCUT2D eigenvalue weighted by atomic mass is 19.4. The normalized spacial score (nSPS) is 17.2. The Balaban J connectivity index is 1.91. The van der Waals surface area contributed by atoms with E-state index in [1.54, 1.807) is 0 Å². The number of hydrogen-bond donors (Lipinski definition) is 2. The molecule has 142 valence electrons. The number of aromatic nitrogens is 2. The van der Waals surface area contributed by atoms with Gasteiger partial charge < -0.3 is 15.0 Å².